The molecular formula is C18H22N4O4. The molecule has 1 fully saturated rings. The van der Waals surface area contributed by atoms with Gasteiger partial charge in [0.25, 0.3) is 5.91 Å². The molecule has 8 nitrogen and oxygen atoms in total. The van der Waals surface area contributed by atoms with Gasteiger partial charge in [-0.3, -0.25) is 4.79 Å². The highest BCUT2D eigenvalue weighted by atomic mass is 16.5. The number of nitrogens with zero attached hydrogens (tertiary/aromatic N) is 3. The van der Waals surface area contributed by atoms with E-state index in [9.17, 15) is 4.79 Å². The molecule has 2 aromatic rings. The van der Waals surface area contributed by atoms with Crippen LogP contribution in [0.2, 0.25) is 0 Å². The molecule has 0 spiro atoms. The summed E-state index contributed by atoms with van der Waals surface area (Å²) >= 11 is 0. The summed E-state index contributed by atoms with van der Waals surface area (Å²) in [5, 5.41) is 3.14. The molecule has 2 heterocycles. The standard InChI is InChI=1S/C18H22N4O4/c1-24-14-2-4-15(5-3-14)26-9-6-19-17-12-16(20-13-21-17)18(23)22-7-10-25-11-8-22/h2-5,12-13H,6-11H2,1H3,(H,19,20,21). The van der Waals surface area contributed by atoms with Gasteiger partial charge >= 0.3 is 0 Å². The second-order valence-corrected chi connectivity index (χ2v) is 5.64. The number of aromatic nitrogens is 2. The highest BCUT2D eigenvalue weighted by Gasteiger charge is 2.19. The average molecular weight is 358 g/mol. The van der Waals surface area contributed by atoms with Crippen LogP contribution in [0.25, 0.3) is 0 Å². The van der Waals surface area contributed by atoms with Crippen LogP contribution in [0.4, 0.5) is 5.82 Å². The SMILES string of the molecule is COc1ccc(OCCNc2cc(C(=O)N3CCOCC3)ncn2)cc1. The summed E-state index contributed by atoms with van der Waals surface area (Å²) in [7, 11) is 1.62. The number of hydrogen-bond acceptors (Lipinski definition) is 7. The van der Waals surface area contributed by atoms with Crippen molar-refractivity contribution >= 4 is 11.7 Å². The van der Waals surface area contributed by atoms with E-state index in [2.05, 4.69) is 15.3 Å². The molecule has 1 N–H and O–H groups in total. The maximum absolute atomic E-state index is 12.4. The van der Waals surface area contributed by atoms with Gasteiger partial charge in [0.05, 0.1) is 26.9 Å². The Kier molecular flexibility index (Phi) is 6.21. The van der Waals surface area contributed by atoms with Gasteiger partial charge in [-0.1, -0.05) is 0 Å². The van der Waals surface area contributed by atoms with Crippen molar-refractivity contribution in [2.24, 2.45) is 0 Å². The first-order valence-electron chi connectivity index (χ1n) is 8.46. The van der Waals surface area contributed by atoms with Crippen LogP contribution in [0.15, 0.2) is 36.7 Å². The second kappa shape index (κ2) is 9.00. The number of methoxy groups -OCH3 is 1. The zero-order chi connectivity index (χ0) is 18.2. The summed E-state index contributed by atoms with van der Waals surface area (Å²) < 4.78 is 16.0. The van der Waals surface area contributed by atoms with E-state index in [0.717, 1.165) is 11.5 Å². The summed E-state index contributed by atoms with van der Waals surface area (Å²) in [4.78, 5) is 22.4. The van der Waals surface area contributed by atoms with Crippen LogP contribution < -0.4 is 14.8 Å². The summed E-state index contributed by atoms with van der Waals surface area (Å²) in [6.45, 7) is 3.30. The topological polar surface area (TPSA) is 85.8 Å². The van der Waals surface area contributed by atoms with Crippen molar-refractivity contribution in [2.75, 3.05) is 51.9 Å². The largest absolute Gasteiger partial charge is 0.497 e. The molecule has 1 saturated heterocycles. The molecule has 8 heteroatoms. The van der Waals surface area contributed by atoms with E-state index in [1.807, 2.05) is 24.3 Å². The zero-order valence-electron chi connectivity index (χ0n) is 14.7. The molecule has 0 bridgehead atoms. The summed E-state index contributed by atoms with van der Waals surface area (Å²) in [6, 6.07) is 9.05. The summed E-state index contributed by atoms with van der Waals surface area (Å²) in [5.41, 5.74) is 0.375. The van der Waals surface area contributed by atoms with Crippen molar-refractivity contribution in [1.29, 1.82) is 0 Å². The smallest absolute Gasteiger partial charge is 0.272 e. The summed E-state index contributed by atoms with van der Waals surface area (Å²) in [6.07, 6.45) is 1.39. The van der Waals surface area contributed by atoms with E-state index in [1.165, 1.54) is 6.33 Å². The molecule has 1 aliphatic heterocycles. The Hall–Kier alpha value is -2.87. The third-order valence-electron chi connectivity index (χ3n) is 3.92. The van der Waals surface area contributed by atoms with Gasteiger partial charge in [0.15, 0.2) is 0 Å². The van der Waals surface area contributed by atoms with Gasteiger partial charge in [0, 0.05) is 19.2 Å². The van der Waals surface area contributed by atoms with Gasteiger partial charge < -0.3 is 24.4 Å². The fourth-order valence-corrected chi connectivity index (χ4v) is 2.52. The minimum atomic E-state index is -0.103. The third-order valence-corrected chi connectivity index (χ3v) is 3.92. The van der Waals surface area contributed by atoms with E-state index in [4.69, 9.17) is 14.2 Å². The van der Waals surface area contributed by atoms with Crippen LogP contribution in [0.5, 0.6) is 11.5 Å². The number of hydrogen-bond donors (Lipinski definition) is 1. The lowest BCUT2D eigenvalue weighted by atomic mass is 10.3. The highest BCUT2D eigenvalue weighted by molar-refractivity contribution is 5.92. The number of benzene rings is 1. The normalized spacial score (nSPS) is 14.0. The van der Waals surface area contributed by atoms with Crippen LogP contribution in [-0.4, -0.2) is 67.3 Å². The molecule has 1 aliphatic rings. The number of carbonyl (C=O) groups excluding carboxylic acids is 1. The zero-order valence-corrected chi connectivity index (χ0v) is 14.7. The number of amides is 1. The van der Waals surface area contributed by atoms with Crippen LogP contribution in [-0.2, 0) is 4.74 Å². The number of carbonyl (C=O) groups is 1. The van der Waals surface area contributed by atoms with E-state index in [1.54, 1.807) is 18.1 Å². The fourth-order valence-electron chi connectivity index (χ4n) is 2.52. The van der Waals surface area contributed by atoms with Gasteiger partial charge in [-0.25, -0.2) is 9.97 Å². The minimum Gasteiger partial charge on any atom is -0.497 e. The third kappa shape index (κ3) is 4.82. The minimum absolute atomic E-state index is 0.103. The van der Waals surface area contributed by atoms with Gasteiger partial charge in [0.1, 0.15) is 35.9 Å². The molecule has 1 aromatic heterocycles. The second-order valence-electron chi connectivity index (χ2n) is 5.64. The average Bonchev–Trinajstić information content (AvgIpc) is 2.72. The number of rotatable bonds is 7. The van der Waals surface area contributed by atoms with Crippen LogP contribution in [0.1, 0.15) is 10.5 Å². The van der Waals surface area contributed by atoms with Crippen molar-refractivity contribution < 1.29 is 19.0 Å². The predicted molar refractivity (Wildman–Crippen MR) is 95.7 cm³/mol. The summed E-state index contributed by atoms with van der Waals surface area (Å²) in [5.74, 6) is 2.04. The molecule has 1 aromatic carbocycles. The Morgan fingerprint density at radius 2 is 1.92 bits per heavy atom. The fraction of sp³-hybridized carbons (Fsp3) is 0.389. The number of anilines is 1. The molecule has 0 atom stereocenters. The van der Waals surface area contributed by atoms with Crippen LogP contribution in [0.3, 0.4) is 0 Å². The molecule has 0 saturated carbocycles. The molecule has 138 valence electrons. The first kappa shape index (κ1) is 17.9. The number of nitrogens with one attached hydrogen (secondary N) is 1. The number of morpholine rings is 1. The molecule has 0 unspecified atom stereocenters. The van der Waals surface area contributed by atoms with Gasteiger partial charge in [-0.2, -0.15) is 0 Å². The van der Waals surface area contributed by atoms with Gasteiger partial charge in [-0.15, -0.1) is 0 Å². The first-order chi connectivity index (χ1) is 12.8. The molecule has 3 rings (SSSR count). The molecule has 0 radical (unpaired) electrons. The van der Waals surface area contributed by atoms with Crippen molar-refractivity contribution in [1.82, 2.24) is 14.9 Å². The Bertz CT molecular complexity index is 717. The predicted octanol–water partition coefficient (Wildman–Crippen LogP) is 1.45. The number of ether oxygens (including phenoxy) is 3. The molecular weight excluding hydrogens is 336 g/mol. The molecule has 0 aliphatic carbocycles. The Morgan fingerprint density at radius 3 is 2.65 bits per heavy atom. The molecule has 1 amide bonds. The lowest BCUT2D eigenvalue weighted by molar-refractivity contribution is 0.0299. The van der Waals surface area contributed by atoms with Gasteiger partial charge in [-0.05, 0) is 24.3 Å². The van der Waals surface area contributed by atoms with Crippen molar-refractivity contribution in [3.63, 3.8) is 0 Å². The van der Waals surface area contributed by atoms with Gasteiger partial charge in [0.2, 0.25) is 0 Å². The van der Waals surface area contributed by atoms with E-state index in [-0.39, 0.29) is 5.91 Å². The lowest BCUT2D eigenvalue weighted by Crippen LogP contribution is -2.41. The van der Waals surface area contributed by atoms with Crippen molar-refractivity contribution in [3.05, 3.63) is 42.4 Å². The van der Waals surface area contributed by atoms with Crippen LogP contribution >= 0.6 is 0 Å². The van der Waals surface area contributed by atoms with E-state index >= 15 is 0 Å². The Morgan fingerprint density at radius 1 is 1.19 bits per heavy atom. The van der Waals surface area contributed by atoms with Crippen LogP contribution in [0, 0.1) is 0 Å². The Labute approximate surface area is 152 Å². The van der Waals surface area contributed by atoms with E-state index in [0.29, 0.717) is 51.0 Å². The highest BCUT2D eigenvalue weighted by Crippen LogP contribution is 2.16. The molecule has 26 heavy (non-hydrogen) atoms. The maximum Gasteiger partial charge on any atom is 0.272 e. The first-order valence-corrected chi connectivity index (χ1v) is 8.46. The maximum atomic E-state index is 12.4. The van der Waals surface area contributed by atoms with Crippen molar-refractivity contribution in [3.8, 4) is 11.5 Å². The lowest BCUT2D eigenvalue weighted by Gasteiger charge is -2.26. The van der Waals surface area contributed by atoms with Crippen molar-refractivity contribution in [2.45, 2.75) is 0 Å². The Balaban J connectivity index is 1.48. The van der Waals surface area contributed by atoms with E-state index < -0.39 is 0 Å². The quantitative estimate of drug-likeness (QED) is 0.750. The monoisotopic (exact) mass is 358 g/mol.